The number of nitrogens with zero attached hydrogens (tertiary/aromatic N) is 1. The molecule has 0 saturated carbocycles. The highest BCUT2D eigenvalue weighted by molar-refractivity contribution is 7.14. The Hall–Kier alpha value is -3.02. The minimum absolute atomic E-state index is 0.0496. The van der Waals surface area contributed by atoms with Crippen molar-refractivity contribution in [2.75, 3.05) is 32.8 Å². The number of carboxylic acids is 1. The fourth-order valence-electron chi connectivity index (χ4n) is 3.53. The average Bonchev–Trinajstić information content (AvgIpc) is 3.36. The average molecular weight is 597 g/mol. The number of anilines is 1. The number of amides is 1. The molecule has 2 aromatic carbocycles. The first-order valence-corrected chi connectivity index (χ1v) is 13.5. The third-order valence-corrected chi connectivity index (χ3v) is 7.00. The van der Waals surface area contributed by atoms with Crippen LogP contribution in [0, 0.1) is 5.82 Å². The van der Waals surface area contributed by atoms with Crippen LogP contribution >= 0.6 is 34.5 Å². The molecule has 0 aliphatic carbocycles. The SMILES string of the molecule is CCCCOCC(OC)c1cccc(-c2csc(NC(=O)c3cc(Cl)c(/C=C(/OC)C(=O)O)c(Cl)c3)n2)c1F. The molecule has 0 aliphatic rings. The first-order chi connectivity index (χ1) is 18.7. The van der Waals surface area contributed by atoms with E-state index in [2.05, 4.69) is 17.2 Å². The number of methoxy groups -OCH3 is 2. The summed E-state index contributed by atoms with van der Waals surface area (Å²) in [6, 6.07) is 7.64. The highest BCUT2D eigenvalue weighted by atomic mass is 35.5. The second kappa shape index (κ2) is 14.4. The van der Waals surface area contributed by atoms with Gasteiger partial charge in [-0.05, 0) is 30.7 Å². The molecule has 8 nitrogen and oxygen atoms in total. The van der Waals surface area contributed by atoms with Gasteiger partial charge >= 0.3 is 5.97 Å². The van der Waals surface area contributed by atoms with Crippen molar-refractivity contribution in [3.05, 3.63) is 74.0 Å². The van der Waals surface area contributed by atoms with Gasteiger partial charge in [-0.1, -0.05) is 48.7 Å². The summed E-state index contributed by atoms with van der Waals surface area (Å²) in [6.07, 6.45) is 2.48. The van der Waals surface area contributed by atoms with Crippen LogP contribution in [-0.2, 0) is 19.0 Å². The van der Waals surface area contributed by atoms with Gasteiger partial charge in [-0.3, -0.25) is 10.1 Å². The highest BCUT2D eigenvalue weighted by Crippen LogP contribution is 2.33. The van der Waals surface area contributed by atoms with E-state index in [-0.39, 0.29) is 44.2 Å². The van der Waals surface area contributed by atoms with Crippen LogP contribution in [0.2, 0.25) is 10.0 Å². The number of carbonyl (C=O) groups is 2. The van der Waals surface area contributed by atoms with Crippen LogP contribution < -0.4 is 5.32 Å². The lowest BCUT2D eigenvalue weighted by molar-refractivity contribution is -0.135. The van der Waals surface area contributed by atoms with E-state index in [1.807, 2.05) is 0 Å². The summed E-state index contributed by atoms with van der Waals surface area (Å²) in [7, 11) is 2.70. The van der Waals surface area contributed by atoms with Crippen LogP contribution in [0.5, 0.6) is 0 Å². The number of thiazole rings is 1. The van der Waals surface area contributed by atoms with Gasteiger partial charge in [0.25, 0.3) is 5.91 Å². The number of benzene rings is 2. The molecule has 208 valence electrons. The molecule has 1 atom stereocenters. The lowest BCUT2D eigenvalue weighted by atomic mass is 10.0. The quantitative estimate of drug-likeness (QED) is 0.123. The number of hydrogen-bond donors (Lipinski definition) is 2. The predicted molar refractivity (Wildman–Crippen MR) is 150 cm³/mol. The second-order valence-corrected chi connectivity index (χ2v) is 9.90. The normalized spacial score (nSPS) is 12.3. The molecule has 3 rings (SSSR count). The Labute approximate surface area is 239 Å². The monoisotopic (exact) mass is 596 g/mol. The Morgan fingerprint density at radius 3 is 2.56 bits per heavy atom. The summed E-state index contributed by atoms with van der Waals surface area (Å²) in [5, 5.41) is 13.8. The number of ether oxygens (including phenoxy) is 3. The maximum atomic E-state index is 15.5. The first kappa shape index (κ1) is 30.5. The van der Waals surface area contributed by atoms with Crippen LogP contribution in [0.1, 0.15) is 47.4 Å². The van der Waals surface area contributed by atoms with E-state index in [0.29, 0.717) is 17.9 Å². The van der Waals surface area contributed by atoms with E-state index < -0.39 is 23.8 Å². The molecular formula is C27H27Cl2FN2O6S. The summed E-state index contributed by atoms with van der Waals surface area (Å²) in [5.74, 6) is -2.71. The highest BCUT2D eigenvalue weighted by Gasteiger charge is 2.21. The topological polar surface area (TPSA) is 107 Å². The molecule has 0 spiro atoms. The minimum atomic E-state index is -1.30. The molecule has 0 fully saturated rings. The van der Waals surface area contributed by atoms with Crippen LogP contribution in [0.15, 0.2) is 41.5 Å². The van der Waals surface area contributed by atoms with Gasteiger partial charge in [0, 0.05) is 41.4 Å². The van der Waals surface area contributed by atoms with Gasteiger partial charge < -0.3 is 19.3 Å². The second-order valence-electron chi connectivity index (χ2n) is 8.23. The van der Waals surface area contributed by atoms with E-state index in [4.69, 9.17) is 42.5 Å². The molecule has 3 aromatic rings. The van der Waals surface area contributed by atoms with Crippen molar-refractivity contribution in [3.63, 3.8) is 0 Å². The lowest BCUT2D eigenvalue weighted by Gasteiger charge is -2.17. The number of carbonyl (C=O) groups excluding carboxylic acids is 1. The molecule has 0 saturated heterocycles. The minimum Gasteiger partial charge on any atom is -0.490 e. The number of nitrogens with one attached hydrogen (secondary N) is 1. The largest absolute Gasteiger partial charge is 0.490 e. The van der Waals surface area contributed by atoms with Crippen molar-refractivity contribution in [1.82, 2.24) is 4.98 Å². The Morgan fingerprint density at radius 1 is 1.23 bits per heavy atom. The van der Waals surface area contributed by atoms with Crippen LogP contribution in [0.3, 0.4) is 0 Å². The molecule has 0 bridgehead atoms. The number of carboxylic acid groups (broad SMARTS) is 1. The number of aromatic nitrogens is 1. The van der Waals surface area contributed by atoms with E-state index in [9.17, 15) is 9.59 Å². The van der Waals surface area contributed by atoms with Crippen LogP contribution in [-0.4, -0.2) is 49.4 Å². The van der Waals surface area contributed by atoms with Crippen LogP contribution in [0.4, 0.5) is 9.52 Å². The summed E-state index contributed by atoms with van der Waals surface area (Å²) >= 11 is 13.6. The Balaban J connectivity index is 1.79. The van der Waals surface area contributed by atoms with Gasteiger partial charge in [-0.25, -0.2) is 14.2 Å². The maximum Gasteiger partial charge on any atom is 0.371 e. The summed E-state index contributed by atoms with van der Waals surface area (Å²) < 4.78 is 31.3. The van der Waals surface area contributed by atoms with Gasteiger partial charge in [-0.2, -0.15) is 0 Å². The van der Waals surface area contributed by atoms with E-state index in [1.54, 1.807) is 23.6 Å². The molecule has 0 aliphatic heterocycles. The summed E-state index contributed by atoms with van der Waals surface area (Å²) in [6.45, 7) is 2.85. The fraction of sp³-hybridized carbons (Fsp3) is 0.296. The molecule has 2 N–H and O–H groups in total. The summed E-state index contributed by atoms with van der Waals surface area (Å²) in [5.41, 5.74) is 1.25. The smallest absolute Gasteiger partial charge is 0.371 e. The Kier molecular flexibility index (Phi) is 11.3. The zero-order valence-electron chi connectivity index (χ0n) is 21.4. The van der Waals surface area contributed by atoms with Crippen molar-refractivity contribution < 1.29 is 33.3 Å². The van der Waals surface area contributed by atoms with E-state index in [1.165, 1.54) is 26.4 Å². The lowest BCUT2D eigenvalue weighted by Crippen LogP contribution is -2.13. The number of halogens is 3. The predicted octanol–water partition coefficient (Wildman–Crippen LogP) is 7.08. The molecule has 1 aromatic heterocycles. The zero-order valence-corrected chi connectivity index (χ0v) is 23.8. The van der Waals surface area contributed by atoms with Gasteiger partial charge in [0.1, 0.15) is 11.9 Å². The van der Waals surface area contributed by atoms with E-state index in [0.717, 1.165) is 30.3 Å². The Morgan fingerprint density at radius 2 is 1.95 bits per heavy atom. The zero-order chi connectivity index (χ0) is 28.5. The first-order valence-electron chi connectivity index (χ1n) is 11.8. The number of rotatable bonds is 13. The summed E-state index contributed by atoms with van der Waals surface area (Å²) in [4.78, 5) is 28.4. The fourth-order valence-corrected chi connectivity index (χ4v) is 4.84. The number of hydrogen-bond acceptors (Lipinski definition) is 7. The Bertz CT molecular complexity index is 1340. The maximum absolute atomic E-state index is 15.5. The third-order valence-electron chi connectivity index (χ3n) is 5.62. The third kappa shape index (κ3) is 7.77. The van der Waals surface area contributed by atoms with Gasteiger partial charge in [0.2, 0.25) is 5.76 Å². The van der Waals surface area contributed by atoms with Gasteiger partial charge in [0.15, 0.2) is 5.13 Å². The van der Waals surface area contributed by atoms with Gasteiger partial charge in [-0.15, -0.1) is 11.3 Å². The van der Waals surface area contributed by atoms with Crippen LogP contribution in [0.25, 0.3) is 17.3 Å². The standard InChI is InChI=1S/C27H27Cl2FN2O6S/c1-4-5-9-38-13-23(37-3)17-8-6-7-16(24(17)30)21-14-39-27(31-21)32-25(33)15-10-19(28)18(20(29)11-15)12-22(36-2)26(34)35/h6-8,10-12,14,23H,4-5,9,13H2,1-3H3,(H,34,35)(H,31,32,33)/b22-12+. The van der Waals surface area contributed by atoms with Crippen molar-refractivity contribution in [2.24, 2.45) is 0 Å². The molecule has 0 radical (unpaired) electrons. The molecule has 1 heterocycles. The molecule has 1 unspecified atom stereocenters. The van der Waals surface area contributed by atoms with Crippen molar-refractivity contribution in [1.29, 1.82) is 0 Å². The van der Waals surface area contributed by atoms with Crippen molar-refractivity contribution >= 4 is 57.6 Å². The number of aliphatic carboxylic acids is 1. The molecule has 39 heavy (non-hydrogen) atoms. The molecule has 1 amide bonds. The van der Waals surface area contributed by atoms with E-state index >= 15 is 4.39 Å². The van der Waals surface area contributed by atoms with Crippen molar-refractivity contribution in [2.45, 2.75) is 25.9 Å². The molecular weight excluding hydrogens is 570 g/mol. The molecule has 12 heteroatoms. The van der Waals surface area contributed by atoms with Crippen molar-refractivity contribution in [3.8, 4) is 11.3 Å². The number of unbranched alkanes of at least 4 members (excludes halogenated alkanes) is 1. The van der Waals surface area contributed by atoms with Gasteiger partial charge in [0.05, 0.1) is 29.5 Å².